The summed E-state index contributed by atoms with van der Waals surface area (Å²) in [6.07, 6.45) is 5.06. The van der Waals surface area contributed by atoms with Crippen LogP contribution in [0.15, 0.2) is 0 Å². The first-order valence-electron chi connectivity index (χ1n) is 7.04. The summed E-state index contributed by atoms with van der Waals surface area (Å²) in [6.45, 7) is 5.84. The molecule has 1 fully saturated rings. The Morgan fingerprint density at radius 2 is 2.26 bits per heavy atom. The van der Waals surface area contributed by atoms with Crippen LogP contribution in [0.2, 0.25) is 0 Å². The predicted molar refractivity (Wildman–Crippen MR) is 77.5 cm³/mol. The number of hydrogen-bond donors (Lipinski definition) is 2. The van der Waals surface area contributed by atoms with E-state index in [9.17, 15) is 4.79 Å². The normalized spacial score (nSPS) is 23.1. The largest absolute Gasteiger partial charge is 0.360 e. The van der Waals surface area contributed by atoms with Crippen molar-refractivity contribution in [2.75, 3.05) is 18.4 Å². The van der Waals surface area contributed by atoms with Crippen molar-refractivity contribution < 1.29 is 4.79 Å². The van der Waals surface area contributed by atoms with Gasteiger partial charge in [-0.1, -0.05) is 31.1 Å². The average molecular weight is 282 g/mol. The van der Waals surface area contributed by atoms with Gasteiger partial charge in [0.1, 0.15) is 0 Å². The molecule has 1 aliphatic rings. The number of nitrogens with zero attached hydrogens (tertiary/aromatic N) is 2. The summed E-state index contributed by atoms with van der Waals surface area (Å²) in [4.78, 5) is 12.0. The van der Waals surface area contributed by atoms with E-state index in [4.69, 9.17) is 0 Å². The Balaban J connectivity index is 1.79. The summed E-state index contributed by atoms with van der Waals surface area (Å²) < 4.78 is 0. The quantitative estimate of drug-likeness (QED) is 0.871. The van der Waals surface area contributed by atoms with Gasteiger partial charge in [-0.15, -0.1) is 10.2 Å². The highest BCUT2D eigenvalue weighted by molar-refractivity contribution is 7.17. The van der Waals surface area contributed by atoms with Crippen molar-refractivity contribution in [3.05, 3.63) is 5.01 Å². The fourth-order valence-electron chi connectivity index (χ4n) is 2.60. The van der Waals surface area contributed by atoms with Gasteiger partial charge in [0.2, 0.25) is 10.1 Å². The third-order valence-corrected chi connectivity index (χ3v) is 4.42. The van der Waals surface area contributed by atoms with Crippen LogP contribution in [-0.4, -0.2) is 29.2 Å². The second-order valence-electron chi connectivity index (χ2n) is 5.29. The van der Waals surface area contributed by atoms with Crippen molar-refractivity contribution in [2.24, 2.45) is 11.8 Å². The second-order valence-corrected chi connectivity index (χ2v) is 6.27. The average Bonchev–Trinajstić information content (AvgIpc) is 2.85. The van der Waals surface area contributed by atoms with Crippen molar-refractivity contribution in [3.63, 3.8) is 0 Å². The lowest BCUT2D eigenvalue weighted by atomic mass is 9.82. The van der Waals surface area contributed by atoms with Gasteiger partial charge in [0.25, 0.3) is 5.91 Å². The molecule has 106 valence electrons. The predicted octanol–water partition coefficient (Wildman–Crippen LogP) is 2.53. The summed E-state index contributed by atoms with van der Waals surface area (Å²) in [5, 5.41) is 15.0. The van der Waals surface area contributed by atoms with Gasteiger partial charge in [0.05, 0.1) is 0 Å². The lowest BCUT2D eigenvalue weighted by molar-refractivity contribution is 0.0939. The molecule has 0 saturated heterocycles. The van der Waals surface area contributed by atoms with Gasteiger partial charge in [0, 0.05) is 13.1 Å². The standard InChI is InChI=1S/C13H22N4OS/c1-3-14-13-17-16-12(19-13)11(18)15-8-10-6-4-5-9(2)7-10/h9-10H,3-8H2,1-2H3,(H,14,17)(H,15,18). The number of anilines is 1. The van der Waals surface area contributed by atoms with Gasteiger partial charge in [-0.3, -0.25) is 4.79 Å². The molecule has 2 unspecified atom stereocenters. The number of carbonyl (C=O) groups is 1. The summed E-state index contributed by atoms with van der Waals surface area (Å²) in [5.74, 6) is 1.31. The summed E-state index contributed by atoms with van der Waals surface area (Å²) in [5.41, 5.74) is 0. The summed E-state index contributed by atoms with van der Waals surface area (Å²) in [7, 11) is 0. The van der Waals surface area contributed by atoms with Crippen LogP contribution in [0, 0.1) is 11.8 Å². The maximum Gasteiger partial charge on any atom is 0.282 e. The molecule has 0 aromatic carbocycles. The molecular weight excluding hydrogens is 260 g/mol. The van der Waals surface area contributed by atoms with Gasteiger partial charge in [-0.05, 0) is 31.6 Å². The third-order valence-electron chi connectivity index (χ3n) is 3.54. The monoisotopic (exact) mass is 282 g/mol. The molecule has 0 spiro atoms. The maximum atomic E-state index is 12.0. The molecule has 19 heavy (non-hydrogen) atoms. The SMILES string of the molecule is CCNc1nnc(C(=O)NCC2CCCC(C)C2)s1. The molecule has 5 nitrogen and oxygen atoms in total. The minimum Gasteiger partial charge on any atom is -0.360 e. The molecule has 1 aromatic rings. The van der Waals surface area contributed by atoms with Crippen molar-refractivity contribution in [3.8, 4) is 0 Å². The zero-order chi connectivity index (χ0) is 13.7. The van der Waals surface area contributed by atoms with Crippen molar-refractivity contribution in [1.29, 1.82) is 0 Å². The fraction of sp³-hybridized carbons (Fsp3) is 0.769. The molecular formula is C13H22N4OS. The Morgan fingerprint density at radius 1 is 1.42 bits per heavy atom. The van der Waals surface area contributed by atoms with Crippen molar-refractivity contribution in [2.45, 2.75) is 39.5 Å². The van der Waals surface area contributed by atoms with Crippen LogP contribution in [0.3, 0.4) is 0 Å². The molecule has 6 heteroatoms. The Hall–Kier alpha value is -1.17. The van der Waals surface area contributed by atoms with Gasteiger partial charge < -0.3 is 10.6 Å². The van der Waals surface area contributed by atoms with E-state index in [1.54, 1.807) is 0 Å². The van der Waals surface area contributed by atoms with E-state index in [0.29, 0.717) is 16.1 Å². The van der Waals surface area contributed by atoms with E-state index >= 15 is 0 Å². The highest BCUT2D eigenvalue weighted by Crippen LogP contribution is 2.28. The number of rotatable bonds is 5. The molecule has 2 N–H and O–H groups in total. The van der Waals surface area contributed by atoms with E-state index in [2.05, 4.69) is 27.8 Å². The molecule has 1 heterocycles. The fourth-order valence-corrected chi connectivity index (χ4v) is 3.32. The van der Waals surface area contributed by atoms with E-state index in [1.165, 1.54) is 37.0 Å². The maximum absolute atomic E-state index is 12.0. The Kier molecular flexibility index (Phi) is 5.13. The van der Waals surface area contributed by atoms with Gasteiger partial charge >= 0.3 is 0 Å². The number of amides is 1. The highest BCUT2D eigenvalue weighted by atomic mass is 32.1. The first-order valence-corrected chi connectivity index (χ1v) is 7.86. The lowest BCUT2D eigenvalue weighted by Gasteiger charge is -2.26. The number of carbonyl (C=O) groups excluding carboxylic acids is 1. The smallest absolute Gasteiger partial charge is 0.282 e. The minimum atomic E-state index is -0.0973. The summed E-state index contributed by atoms with van der Waals surface area (Å²) >= 11 is 1.31. The molecule has 1 aromatic heterocycles. The molecule has 0 aliphatic heterocycles. The number of nitrogens with one attached hydrogen (secondary N) is 2. The minimum absolute atomic E-state index is 0.0973. The third kappa shape index (κ3) is 4.16. The Labute approximate surface area is 118 Å². The molecule has 1 amide bonds. The van der Waals surface area contributed by atoms with Crippen LogP contribution in [0.25, 0.3) is 0 Å². The van der Waals surface area contributed by atoms with Crippen LogP contribution in [0.5, 0.6) is 0 Å². The molecule has 2 rings (SSSR count). The van der Waals surface area contributed by atoms with Crippen molar-refractivity contribution in [1.82, 2.24) is 15.5 Å². The first-order chi connectivity index (χ1) is 9.19. The zero-order valence-electron chi connectivity index (χ0n) is 11.6. The topological polar surface area (TPSA) is 66.9 Å². The molecule has 0 bridgehead atoms. The number of aromatic nitrogens is 2. The van der Waals surface area contributed by atoms with E-state index in [1.807, 2.05) is 6.92 Å². The number of hydrogen-bond acceptors (Lipinski definition) is 5. The molecule has 1 saturated carbocycles. The van der Waals surface area contributed by atoms with Crippen molar-refractivity contribution >= 4 is 22.4 Å². The second kappa shape index (κ2) is 6.84. The van der Waals surface area contributed by atoms with E-state index < -0.39 is 0 Å². The lowest BCUT2D eigenvalue weighted by Crippen LogP contribution is -2.31. The first kappa shape index (κ1) is 14.2. The van der Waals surface area contributed by atoms with Gasteiger partial charge in [-0.2, -0.15) is 0 Å². The summed E-state index contributed by atoms with van der Waals surface area (Å²) in [6, 6.07) is 0. The highest BCUT2D eigenvalue weighted by Gasteiger charge is 2.20. The Morgan fingerprint density at radius 3 is 3.00 bits per heavy atom. The van der Waals surface area contributed by atoms with Crippen LogP contribution in [0.1, 0.15) is 49.3 Å². The van der Waals surface area contributed by atoms with Gasteiger partial charge in [-0.25, -0.2) is 0 Å². The molecule has 2 atom stereocenters. The van der Waals surface area contributed by atoms with Crippen LogP contribution < -0.4 is 10.6 Å². The van der Waals surface area contributed by atoms with E-state index in [-0.39, 0.29) is 5.91 Å². The zero-order valence-corrected chi connectivity index (χ0v) is 12.4. The van der Waals surface area contributed by atoms with E-state index in [0.717, 1.165) is 19.0 Å². The Bertz CT molecular complexity index is 421. The van der Waals surface area contributed by atoms with Crippen LogP contribution in [-0.2, 0) is 0 Å². The van der Waals surface area contributed by atoms with Gasteiger partial charge in [0.15, 0.2) is 0 Å². The van der Waals surface area contributed by atoms with Crippen LogP contribution >= 0.6 is 11.3 Å². The molecule has 0 radical (unpaired) electrons. The molecule has 1 aliphatic carbocycles. The van der Waals surface area contributed by atoms with Crippen LogP contribution in [0.4, 0.5) is 5.13 Å².